The van der Waals surface area contributed by atoms with Crippen LogP contribution >= 0.6 is 0 Å². The Morgan fingerprint density at radius 3 is 2.09 bits per heavy atom. The zero-order valence-electron chi connectivity index (χ0n) is 22.7. The summed E-state index contributed by atoms with van der Waals surface area (Å²) in [6.07, 6.45) is 1.30. The number of carbonyl (C=O) groups is 5. The molecule has 4 N–H and O–H groups in total. The highest BCUT2D eigenvalue weighted by Crippen LogP contribution is 2.36. The van der Waals surface area contributed by atoms with Gasteiger partial charge in [-0.15, -0.1) is 0 Å². The topological polar surface area (TPSA) is 148 Å². The summed E-state index contributed by atoms with van der Waals surface area (Å²) in [6.45, 7) is 16.7. The number of nitrogens with two attached hydrogens (primary N) is 1. The molecule has 0 aromatic rings. The number of amides is 4. The summed E-state index contributed by atoms with van der Waals surface area (Å²) < 4.78 is 5.35. The van der Waals surface area contributed by atoms with Gasteiger partial charge in [-0.1, -0.05) is 54.4 Å². The summed E-state index contributed by atoms with van der Waals surface area (Å²) >= 11 is 0. The molecule has 0 aliphatic carbocycles. The summed E-state index contributed by atoms with van der Waals surface area (Å²) in [5.41, 5.74) is 3.39. The number of nitrogens with one attached hydrogen (secondary N) is 2. The maximum Gasteiger partial charge on any atom is 0.408 e. The number of hydrogen-bond donors (Lipinski definition) is 3. The minimum Gasteiger partial charge on any atom is -0.444 e. The molecule has 35 heavy (non-hydrogen) atoms. The van der Waals surface area contributed by atoms with Gasteiger partial charge in [-0.05, 0) is 44.4 Å². The molecule has 0 spiro atoms. The molecule has 0 radical (unpaired) electrons. The van der Waals surface area contributed by atoms with Crippen molar-refractivity contribution in [3.05, 3.63) is 0 Å². The highest BCUT2D eigenvalue weighted by molar-refractivity contribution is 6.37. The van der Waals surface area contributed by atoms with Gasteiger partial charge in [0.05, 0.1) is 6.04 Å². The summed E-state index contributed by atoms with van der Waals surface area (Å²) in [6, 6.07) is -2.86. The second kappa shape index (κ2) is 11.4. The first kappa shape index (κ1) is 30.4. The minimum atomic E-state index is -1.11. The number of nitrogens with zero attached hydrogens (tertiary/aromatic N) is 1. The maximum absolute atomic E-state index is 13.7. The van der Waals surface area contributed by atoms with E-state index in [0.29, 0.717) is 12.8 Å². The molecule has 1 heterocycles. The molecule has 1 fully saturated rings. The molecular formula is C25H44N4O6. The largest absolute Gasteiger partial charge is 0.444 e. The lowest BCUT2D eigenvalue weighted by atomic mass is 9.85. The first-order valence-corrected chi connectivity index (χ1v) is 12.2. The summed E-state index contributed by atoms with van der Waals surface area (Å²) in [4.78, 5) is 64.8. The number of rotatable bonds is 9. The van der Waals surface area contributed by atoms with Crippen LogP contribution in [-0.2, 0) is 23.9 Å². The summed E-state index contributed by atoms with van der Waals surface area (Å²) in [7, 11) is 0. The van der Waals surface area contributed by atoms with Crippen LogP contribution in [0.3, 0.4) is 0 Å². The molecule has 10 heteroatoms. The Labute approximate surface area is 209 Å². The van der Waals surface area contributed by atoms with Crippen molar-refractivity contribution in [3.63, 3.8) is 0 Å². The van der Waals surface area contributed by atoms with Crippen LogP contribution in [-0.4, -0.2) is 64.8 Å². The molecule has 1 rings (SSSR count). The lowest BCUT2D eigenvalue weighted by Crippen LogP contribution is -2.59. The summed E-state index contributed by atoms with van der Waals surface area (Å²) in [5, 5.41) is 5.33. The van der Waals surface area contributed by atoms with Gasteiger partial charge in [0.1, 0.15) is 17.7 Å². The highest BCUT2D eigenvalue weighted by Gasteiger charge is 2.48. The number of alkyl carbamates (subject to hydrolysis) is 1. The van der Waals surface area contributed by atoms with Gasteiger partial charge < -0.3 is 26.0 Å². The van der Waals surface area contributed by atoms with E-state index in [1.54, 1.807) is 20.8 Å². The fourth-order valence-corrected chi connectivity index (χ4v) is 4.09. The number of hydrogen-bond acceptors (Lipinski definition) is 6. The van der Waals surface area contributed by atoms with Gasteiger partial charge in [0, 0.05) is 6.54 Å². The molecule has 0 saturated carbocycles. The zero-order chi connectivity index (χ0) is 27.4. The van der Waals surface area contributed by atoms with Crippen molar-refractivity contribution in [1.82, 2.24) is 15.5 Å². The van der Waals surface area contributed by atoms with Crippen molar-refractivity contribution in [3.8, 4) is 0 Å². The van der Waals surface area contributed by atoms with Crippen molar-refractivity contribution in [2.75, 3.05) is 6.54 Å². The zero-order valence-corrected chi connectivity index (χ0v) is 22.7. The van der Waals surface area contributed by atoms with Crippen LogP contribution < -0.4 is 16.4 Å². The highest BCUT2D eigenvalue weighted by atomic mass is 16.6. The quantitative estimate of drug-likeness (QED) is 0.417. The molecule has 0 bridgehead atoms. The molecule has 3 atom stereocenters. The van der Waals surface area contributed by atoms with Gasteiger partial charge in [-0.3, -0.25) is 19.2 Å². The normalized spacial score (nSPS) is 19.5. The van der Waals surface area contributed by atoms with Crippen LogP contribution in [0.4, 0.5) is 4.79 Å². The maximum atomic E-state index is 13.7. The molecule has 10 nitrogen and oxygen atoms in total. The number of ketones is 1. The Morgan fingerprint density at radius 1 is 1.06 bits per heavy atom. The molecule has 1 saturated heterocycles. The predicted molar refractivity (Wildman–Crippen MR) is 132 cm³/mol. The van der Waals surface area contributed by atoms with E-state index >= 15 is 0 Å². The third-order valence-corrected chi connectivity index (χ3v) is 5.80. The number of ether oxygens (including phenoxy) is 1. The molecular weight excluding hydrogens is 452 g/mol. The van der Waals surface area contributed by atoms with Crippen molar-refractivity contribution in [2.45, 2.75) is 112 Å². The second-order valence-corrected chi connectivity index (χ2v) is 12.2. The third-order valence-electron chi connectivity index (χ3n) is 5.80. The van der Waals surface area contributed by atoms with Crippen LogP contribution in [0.15, 0.2) is 0 Å². The number of likely N-dealkylation sites (tertiary alicyclic amines) is 1. The van der Waals surface area contributed by atoms with E-state index in [-0.39, 0.29) is 18.4 Å². The first-order chi connectivity index (χ1) is 15.8. The Morgan fingerprint density at radius 2 is 1.63 bits per heavy atom. The van der Waals surface area contributed by atoms with Gasteiger partial charge >= 0.3 is 6.09 Å². The Balaban J connectivity index is 3.21. The molecule has 200 valence electrons. The number of unbranched alkanes of at least 4 members (excludes halogenated alkanes) is 1. The minimum absolute atomic E-state index is 0.277. The van der Waals surface area contributed by atoms with Crippen LogP contribution in [0.1, 0.15) is 88.0 Å². The smallest absolute Gasteiger partial charge is 0.408 e. The number of primary amides is 1. The van der Waals surface area contributed by atoms with E-state index in [2.05, 4.69) is 10.6 Å². The predicted octanol–water partition coefficient (Wildman–Crippen LogP) is 2.28. The van der Waals surface area contributed by atoms with Crippen LogP contribution in [0.25, 0.3) is 0 Å². The molecule has 0 aromatic carbocycles. The van der Waals surface area contributed by atoms with E-state index in [4.69, 9.17) is 10.5 Å². The fourth-order valence-electron chi connectivity index (χ4n) is 4.09. The van der Waals surface area contributed by atoms with Crippen LogP contribution in [0.2, 0.25) is 0 Å². The first-order valence-electron chi connectivity index (χ1n) is 12.2. The van der Waals surface area contributed by atoms with E-state index in [1.165, 1.54) is 4.90 Å². The standard InChI is InChI=1S/C25H44N4O6/c1-10-11-12-15(17(30)19(26)31)27-20(32)16-13-25(8,9)14-29(16)21(33)18(23(2,3)4)28-22(34)35-24(5,6)7/h15-16,18H,10-14H2,1-9H3,(H2,26,31)(H,27,32)(H,28,34). The van der Waals surface area contributed by atoms with E-state index in [0.717, 1.165) is 6.42 Å². The average molecular weight is 497 g/mol. The molecule has 3 unspecified atom stereocenters. The lowest BCUT2D eigenvalue weighted by molar-refractivity contribution is -0.143. The number of Topliss-reactive ketones (excluding diaryl/α,β-unsaturated/α-hetero) is 1. The average Bonchev–Trinajstić information content (AvgIpc) is 3.01. The molecule has 1 aliphatic rings. The van der Waals surface area contributed by atoms with Gasteiger partial charge in [-0.2, -0.15) is 0 Å². The van der Waals surface area contributed by atoms with E-state index in [1.807, 2.05) is 41.5 Å². The molecule has 0 aromatic heterocycles. The SMILES string of the molecule is CCCCC(NC(=O)C1CC(C)(C)CN1C(=O)C(NC(=O)OC(C)(C)C)C(C)(C)C)C(=O)C(N)=O. The van der Waals surface area contributed by atoms with Crippen molar-refractivity contribution in [2.24, 2.45) is 16.6 Å². The monoisotopic (exact) mass is 496 g/mol. The van der Waals surface area contributed by atoms with E-state index < -0.39 is 58.7 Å². The van der Waals surface area contributed by atoms with Crippen LogP contribution in [0.5, 0.6) is 0 Å². The molecule has 1 aliphatic heterocycles. The van der Waals surface area contributed by atoms with Gasteiger partial charge in [0.25, 0.3) is 5.91 Å². The van der Waals surface area contributed by atoms with Crippen molar-refractivity contribution in [1.29, 1.82) is 0 Å². The van der Waals surface area contributed by atoms with Gasteiger partial charge in [0.15, 0.2) is 0 Å². The van der Waals surface area contributed by atoms with E-state index in [9.17, 15) is 24.0 Å². The lowest BCUT2D eigenvalue weighted by Gasteiger charge is -2.36. The van der Waals surface area contributed by atoms with Crippen molar-refractivity contribution < 1.29 is 28.7 Å². The fraction of sp³-hybridized carbons (Fsp3) is 0.800. The van der Waals surface area contributed by atoms with Crippen molar-refractivity contribution >= 4 is 29.6 Å². The Kier molecular flexibility index (Phi) is 9.89. The molecule has 4 amide bonds. The third kappa shape index (κ3) is 9.14. The van der Waals surface area contributed by atoms with Gasteiger partial charge in [0.2, 0.25) is 17.6 Å². The second-order valence-electron chi connectivity index (χ2n) is 12.2. The summed E-state index contributed by atoms with van der Waals surface area (Å²) in [5.74, 6) is -2.91. The Hall–Kier alpha value is -2.65. The van der Waals surface area contributed by atoms with Crippen LogP contribution in [0, 0.1) is 10.8 Å². The van der Waals surface area contributed by atoms with Gasteiger partial charge in [-0.25, -0.2) is 4.79 Å². The number of carbonyl (C=O) groups excluding carboxylic acids is 5. The Bertz CT molecular complexity index is 825.